The average molecular weight is 377 g/mol. The van der Waals surface area contributed by atoms with E-state index in [1.807, 2.05) is 18.2 Å². The molecule has 23 heavy (non-hydrogen) atoms. The molecule has 0 spiro atoms. The fourth-order valence-corrected chi connectivity index (χ4v) is 4.83. The molecule has 3 rings (SSSR count). The van der Waals surface area contributed by atoms with Crippen LogP contribution in [0.15, 0.2) is 27.5 Å². The Morgan fingerprint density at radius 1 is 1.30 bits per heavy atom. The van der Waals surface area contributed by atoms with Crippen molar-refractivity contribution in [3.63, 3.8) is 0 Å². The Morgan fingerprint density at radius 2 is 2.00 bits per heavy atom. The van der Waals surface area contributed by atoms with Gasteiger partial charge in [-0.1, -0.05) is 45.6 Å². The smallest absolute Gasteiger partial charge is 0.281 e. The molecule has 124 valence electrons. The van der Waals surface area contributed by atoms with Gasteiger partial charge >= 0.3 is 0 Å². The molecule has 1 heterocycles. The number of aryl methyl sites for hydroxylation is 1. The summed E-state index contributed by atoms with van der Waals surface area (Å²) in [5, 5.41) is 0.689. The minimum atomic E-state index is -0.103. The first-order chi connectivity index (χ1) is 11.0. The van der Waals surface area contributed by atoms with E-state index < -0.39 is 0 Å². The Hall–Kier alpha value is -1.16. The summed E-state index contributed by atoms with van der Waals surface area (Å²) < 4.78 is 3.00. The lowest BCUT2D eigenvalue weighted by atomic mass is 9.65. The molecule has 1 aromatic heterocycles. The lowest BCUT2D eigenvalue weighted by Gasteiger charge is -2.42. The molecule has 1 saturated carbocycles. The van der Waals surface area contributed by atoms with Gasteiger partial charge in [-0.2, -0.15) is 4.98 Å². The van der Waals surface area contributed by atoms with E-state index in [-0.39, 0.29) is 11.0 Å². The second-order valence-corrected chi connectivity index (χ2v) is 7.81. The molecule has 0 N–H and O–H groups in total. The minimum absolute atomic E-state index is 0.0391. The summed E-state index contributed by atoms with van der Waals surface area (Å²) in [6.45, 7) is 4.57. The highest BCUT2D eigenvalue weighted by Gasteiger charge is 2.41. The van der Waals surface area contributed by atoms with Gasteiger partial charge in [0.2, 0.25) is 0 Å². The zero-order chi connectivity index (χ0) is 16.6. The average Bonchev–Trinajstić information content (AvgIpc) is 2.57. The Bertz CT molecular complexity index is 775. The van der Waals surface area contributed by atoms with E-state index in [2.05, 4.69) is 46.4 Å². The normalized spacial score (nSPS) is 19.0. The molecule has 0 aliphatic heterocycles. The maximum Gasteiger partial charge on any atom is 0.281 e. The number of hydrogen-bond acceptors (Lipinski definition) is 2. The predicted octanol–water partition coefficient (Wildman–Crippen LogP) is 4.94. The highest BCUT2D eigenvalue weighted by molar-refractivity contribution is 9.10. The Labute approximate surface area is 146 Å². The molecular weight excluding hydrogens is 352 g/mol. The van der Waals surface area contributed by atoms with Crippen molar-refractivity contribution >= 4 is 26.8 Å². The van der Waals surface area contributed by atoms with E-state index in [1.165, 1.54) is 19.3 Å². The molecule has 0 saturated heterocycles. The van der Waals surface area contributed by atoms with Crippen LogP contribution in [0.2, 0.25) is 0 Å². The van der Waals surface area contributed by atoms with Crippen molar-refractivity contribution in [1.82, 2.24) is 9.55 Å². The van der Waals surface area contributed by atoms with Crippen LogP contribution in [0.4, 0.5) is 0 Å². The molecule has 1 atom stereocenters. The van der Waals surface area contributed by atoms with Gasteiger partial charge in [-0.3, -0.25) is 4.79 Å². The topological polar surface area (TPSA) is 34.9 Å². The molecule has 0 amide bonds. The van der Waals surface area contributed by atoms with Crippen LogP contribution in [0.3, 0.4) is 0 Å². The third-order valence-electron chi connectivity index (χ3n) is 5.84. The van der Waals surface area contributed by atoms with Gasteiger partial charge in [0.1, 0.15) is 5.82 Å². The number of rotatable bonds is 3. The fraction of sp³-hybridized carbons (Fsp3) is 0.579. The Kier molecular flexibility index (Phi) is 4.63. The van der Waals surface area contributed by atoms with Crippen LogP contribution in [0.1, 0.15) is 58.2 Å². The summed E-state index contributed by atoms with van der Waals surface area (Å²) >= 11 is 3.51. The molecule has 0 radical (unpaired) electrons. The van der Waals surface area contributed by atoms with Crippen molar-refractivity contribution in [2.75, 3.05) is 0 Å². The van der Waals surface area contributed by atoms with Crippen LogP contribution in [0, 0.1) is 5.92 Å². The van der Waals surface area contributed by atoms with Gasteiger partial charge in [0.05, 0.1) is 10.9 Å². The lowest BCUT2D eigenvalue weighted by Crippen LogP contribution is -2.41. The third-order valence-corrected chi connectivity index (χ3v) is 6.50. The monoisotopic (exact) mass is 376 g/mol. The van der Waals surface area contributed by atoms with Gasteiger partial charge < -0.3 is 4.57 Å². The van der Waals surface area contributed by atoms with E-state index in [0.29, 0.717) is 11.3 Å². The molecule has 1 aromatic carbocycles. The van der Waals surface area contributed by atoms with E-state index in [1.54, 1.807) is 0 Å². The van der Waals surface area contributed by atoms with Gasteiger partial charge in [0, 0.05) is 16.9 Å². The number of aromatic nitrogens is 2. The number of hydrogen-bond donors (Lipinski definition) is 0. The highest BCUT2D eigenvalue weighted by Crippen LogP contribution is 2.45. The summed E-state index contributed by atoms with van der Waals surface area (Å²) in [7, 11) is 2.06. The molecule has 0 bridgehead atoms. The number of halogens is 1. The second kappa shape index (κ2) is 6.39. The van der Waals surface area contributed by atoms with Gasteiger partial charge in [-0.25, -0.2) is 0 Å². The molecule has 2 aromatic rings. The van der Waals surface area contributed by atoms with Crippen molar-refractivity contribution in [1.29, 1.82) is 0 Å². The summed E-state index contributed by atoms with van der Waals surface area (Å²) in [5.74, 6) is 1.52. The maximum absolute atomic E-state index is 12.7. The van der Waals surface area contributed by atoms with Crippen molar-refractivity contribution in [2.24, 2.45) is 13.0 Å². The van der Waals surface area contributed by atoms with Crippen LogP contribution >= 0.6 is 15.9 Å². The van der Waals surface area contributed by atoms with Gasteiger partial charge in [0.15, 0.2) is 0 Å². The molecule has 4 heteroatoms. The first-order valence-corrected chi connectivity index (χ1v) is 9.46. The van der Waals surface area contributed by atoms with Crippen molar-refractivity contribution in [3.8, 4) is 0 Å². The van der Waals surface area contributed by atoms with Crippen LogP contribution in [0.5, 0.6) is 0 Å². The molecular formula is C19H25BrN2O. The molecule has 1 aliphatic rings. The largest absolute Gasteiger partial charge is 0.332 e. The number of nitrogens with zero attached hydrogens (tertiary/aromatic N) is 2. The Morgan fingerprint density at radius 3 is 2.65 bits per heavy atom. The van der Waals surface area contributed by atoms with Crippen LogP contribution in [0.25, 0.3) is 10.9 Å². The summed E-state index contributed by atoms with van der Waals surface area (Å²) in [6, 6.07) is 5.93. The van der Waals surface area contributed by atoms with Crippen LogP contribution in [-0.2, 0) is 12.5 Å². The summed E-state index contributed by atoms with van der Waals surface area (Å²) in [6.07, 6.45) is 7.16. The third kappa shape index (κ3) is 2.65. The SMILES string of the molecule is CCC(C)C1(c2nc(=O)c3c(Br)cccc3n2C)CCCCC1. The first-order valence-electron chi connectivity index (χ1n) is 8.67. The van der Waals surface area contributed by atoms with Crippen molar-refractivity contribution < 1.29 is 0 Å². The summed E-state index contributed by atoms with van der Waals surface area (Å²) in [5.41, 5.74) is 0.911. The highest BCUT2D eigenvalue weighted by atomic mass is 79.9. The van der Waals surface area contributed by atoms with E-state index >= 15 is 0 Å². The first kappa shape index (κ1) is 16.7. The standard InChI is InChI=1S/C19H25BrN2O/c1-4-13(2)19(11-6-5-7-12-19)18-21-17(23)16-14(20)9-8-10-15(16)22(18)3/h8-10,13H,4-7,11-12H2,1-3H3. The molecule has 1 fully saturated rings. The second-order valence-electron chi connectivity index (χ2n) is 6.96. The molecule has 1 unspecified atom stereocenters. The van der Waals surface area contributed by atoms with E-state index in [4.69, 9.17) is 0 Å². The zero-order valence-electron chi connectivity index (χ0n) is 14.2. The molecule has 1 aliphatic carbocycles. The quantitative estimate of drug-likeness (QED) is 0.759. The zero-order valence-corrected chi connectivity index (χ0v) is 15.8. The summed E-state index contributed by atoms with van der Waals surface area (Å²) in [4.78, 5) is 17.3. The van der Waals surface area contributed by atoms with E-state index in [9.17, 15) is 4.79 Å². The molecule has 3 nitrogen and oxygen atoms in total. The van der Waals surface area contributed by atoms with Crippen molar-refractivity contribution in [3.05, 3.63) is 38.9 Å². The van der Waals surface area contributed by atoms with Gasteiger partial charge in [-0.15, -0.1) is 0 Å². The van der Waals surface area contributed by atoms with Gasteiger partial charge in [0.25, 0.3) is 5.56 Å². The lowest BCUT2D eigenvalue weighted by molar-refractivity contribution is 0.181. The van der Waals surface area contributed by atoms with Crippen molar-refractivity contribution in [2.45, 2.75) is 57.8 Å². The minimum Gasteiger partial charge on any atom is -0.332 e. The maximum atomic E-state index is 12.7. The van der Waals surface area contributed by atoms with Gasteiger partial charge in [-0.05, 0) is 46.8 Å². The number of fused-ring (bicyclic) bond motifs is 1. The van der Waals surface area contributed by atoms with Crippen LogP contribution < -0.4 is 5.56 Å². The van der Waals surface area contributed by atoms with Crippen LogP contribution in [-0.4, -0.2) is 9.55 Å². The predicted molar refractivity (Wildman–Crippen MR) is 98.9 cm³/mol. The van der Waals surface area contributed by atoms with E-state index in [0.717, 1.165) is 35.1 Å². The number of benzene rings is 1. The Balaban J connectivity index is 2.30. The fourth-order valence-electron chi connectivity index (χ4n) is 4.30.